The second-order valence-corrected chi connectivity index (χ2v) is 8.08. The van der Waals surface area contributed by atoms with Crippen LogP contribution in [-0.2, 0) is 0 Å². The van der Waals surface area contributed by atoms with Crippen molar-refractivity contribution in [2.75, 3.05) is 6.54 Å². The standard InChI is InChI=1S/C18H20ClN3O/c1-16-11-22(21-15(23)13-5-3-4-6-14(13)19)18(10-20)9-12(16)7-8-17(16,18)2/h3-6,12H,7-9,11H2,1-2H3,(H,21,23)/t12-,16+,17-,18+/m1/s1. The molecule has 0 unspecified atom stereocenters. The Morgan fingerprint density at radius 1 is 1.43 bits per heavy atom. The van der Waals surface area contributed by atoms with Gasteiger partial charge in [0, 0.05) is 12.0 Å². The molecule has 1 N–H and O–H groups in total. The number of benzene rings is 1. The maximum atomic E-state index is 12.6. The fourth-order valence-corrected chi connectivity index (χ4v) is 5.70. The lowest BCUT2D eigenvalue weighted by Gasteiger charge is -2.42. The third-order valence-corrected chi connectivity index (χ3v) is 7.43. The number of hydrogen-bond donors (Lipinski definition) is 1. The number of amides is 1. The minimum absolute atomic E-state index is 0.0623. The largest absolute Gasteiger partial charge is 0.283 e. The Balaban J connectivity index is 1.66. The van der Waals surface area contributed by atoms with E-state index >= 15 is 0 Å². The van der Waals surface area contributed by atoms with Crippen molar-refractivity contribution < 1.29 is 4.79 Å². The monoisotopic (exact) mass is 329 g/mol. The van der Waals surface area contributed by atoms with Gasteiger partial charge in [-0.25, -0.2) is 0 Å². The van der Waals surface area contributed by atoms with Gasteiger partial charge in [0.2, 0.25) is 0 Å². The molecule has 0 aromatic heterocycles. The molecule has 2 saturated carbocycles. The van der Waals surface area contributed by atoms with E-state index in [0.717, 1.165) is 19.4 Å². The first-order valence-electron chi connectivity index (χ1n) is 8.12. The summed E-state index contributed by atoms with van der Waals surface area (Å²) in [6, 6.07) is 9.57. The summed E-state index contributed by atoms with van der Waals surface area (Å²) in [6.45, 7) is 5.24. The number of hydrazine groups is 1. The van der Waals surface area contributed by atoms with Crippen LogP contribution in [0.2, 0.25) is 5.02 Å². The molecule has 4 bridgehead atoms. The van der Waals surface area contributed by atoms with E-state index < -0.39 is 5.54 Å². The Morgan fingerprint density at radius 2 is 2.17 bits per heavy atom. The van der Waals surface area contributed by atoms with Crippen LogP contribution in [0.25, 0.3) is 0 Å². The average molecular weight is 330 g/mol. The number of nitrogens with one attached hydrogen (secondary N) is 1. The molecule has 4 rings (SSSR count). The summed E-state index contributed by atoms with van der Waals surface area (Å²) < 4.78 is 0. The Bertz CT molecular complexity index is 744. The van der Waals surface area contributed by atoms with Crippen molar-refractivity contribution >= 4 is 17.5 Å². The molecule has 1 aliphatic heterocycles. The fourth-order valence-electron chi connectivity index (χ4n) is 5.47. The highest BCUT2D eigenvalue weighted by Gasteiger charge is 2.78. The molecule has 1 amide bonds. The fraction of sp³-hybridized carbons (Fsp3) is 0.556. The summed E-state index contributed by atoms with van der Waals surface area (Å²) in [7, 11) is 0. The van der Waals surface area contributed by atoms with Gasteiger partial charge in [0.25, 0.3) is 5.91 Å². The molecule has 1 heterocycles. The van der Waals surface area contributed by atoms with E-state index in [1.807, 2.05) is 5.01 Å². The quantitative estimate of drug-likeness (QED) is 0.904. The SMILES string of the molecule is C[C@]12CC[C@@H]3C[C@@]1(C#N)N(NC(=O)c1ccccc1Cl)C[C@@]32C. The predicted molar refractivity (Wildman–Crippen MR) is 87.5 cm³/mol. The molecule has 3 aliphatic rings. The zero-order valence-corrected chi connectivity index (χ0v) is 14.2. The number of carbonyl (C=O) groups is 1. The molecule has 1 aromatic carbocycles. The smallest absolute Gasteiger partial charge is 0.267 e. The van der Waals surface area contributed by atoms with Gasteiger partial charge in [-0.2, -0.15) is 10.3 Å². The van der Waals surface area contributed by atoms with Crippen molar-refractivity contribution in [3.05, 3.63) is 34.9 Å². The van der Waals surface area contributed by atoms with Gasteiger partial charge >= 0.3 is 0 Å². The highest BCUT2D eigenvalue weighted by Crippen LogP contribution is 2.75. The molecule has 23 heavy (non-hydrogen) atoms. The van der Waals surface area contributed by atoms with E-state index in [2.05, 4.69) is 25.3 Å². The third-order valence-electron chi connectivity index (χ3n) is 7.10. The normalized spacial score (nSPS) is 41.0. The van der Waals surface area contributed by atoms with E-state index in [1.54, 1.807) is 24.3 Å². The van der Waals surface area contributed by atoms with Gasteiger partial charge in [-0.1, -0.05) is 37.6 Å². The van der Waals surface area contributed by atoms with Crippen molar-refractivity contribution in [1.29, 1.82) is 5.26 Å². The van der Waals surface area contributed by atoms with Gasteiger partial charge < -0.3 is 0 Å². The van der Waals surface area contributed by atoms with Crippen molar-refractivity contribution in [1.82, 2.24) is 10.4 Å². The lowest BCUT2D eigenvalue weighted by atomic mass is 9.66. The van der Waals surface area contributed by atoms with Gasteiger partial charge in [0.15, 0.2) is 0 Å². The number of nitriles is 1. The highest BCUT2D eigenvalue weighted by molar-refractivity contribution is 6.33. The lowest BCUT2D eigenvalue weighted by molar-refractivity contribution is 0.0240. The molecule has 0 radical (unpaired) electrons. The topological polar surface area (TPSA) is 56.1 Å². The first-order chi connectivity index (χ1) is 10.9. The van der Waals surface area contributed by atoms with Gasteiger partial charge in [0.05, 0.1) is 16.7 Å². The van der Waals surface area contributed by atoms with E-state index in [1.165, 1.54) is 6.42 Å². The molecule has 1 aromatic rings. The highest BCUT2D eigenvalue weighted by atomic mass is 35.5. The van der Waals surface area contributed by atoms with Crippen LogP contribution in [0.5, 0.6) is 0 Å². The van der Waals surface area contributed by atoms with Crippen LogP contribution in [0.1, 0.15) is 43.5 Å². The van der Waals surface area contributed by atoms with Crippen LogP contribution >= 0.6 is 11.6 Å². The lowest BCUT2D eigenvalue weighted by Crippen LogP contribution is -2.59. The molecule has 4 atom stereocenters. The van der Waals surface area contributed by atoms with E-state index in [4.69, 9.17) is 11.6 Å². The summed E-state index contributed by atoms with van der Waals surface area (Å²) >= 11 is 6.13. The summed E-state index contributed by atoms with van der Waals surface area (Å²) in [5.41, 5.74) is 2.87. The number of carbonyl (C=O) groups excluding carboxylic acids is 1. The van der Waals surface area contributed by atoms with Crippen molar-refractivity contribution in [2.45, 2.75) is 38.6 Å². The Hall–Kier alpha value is -1.57. The zero-order chi connectivity index (χ0) is 16.5. The van der Waals surface area contributed by atoms with Crippen molar-refractivity contribution in [3.8, 4) is 6.07 Å². The van der Waals surface area contributed by atoms with E-state index in [-0.39, 0.29) is 16.7 Å². The number of rotatable bonds is 2. The summed E-state index contributed by atoms with van der Waals surface area (Å²) in [5, 5.41) is 12.3. The minimum Gasteiger partial charge on any atom is -0.283 e. The van der Waals surface area contributed by atoms with Gasteiger partial charge in [-0.15, -0.1) is 0 Å². The molecule has 5 heteroatoms. The van der Waals surface area contributed by atoms with Crippen LogP contribution in [0.3, 0.4) is 0 Å². The predicted octanol–water partition coefficient (Wildman–Crippen LogP) is 3.39. The van der Waals surface area contributed by atoms with Gasteiger partial charge in [-0.3, -0.25) is 10.2 Å². The number of hydrogen-bond acceptors (Lipinski definition) is 3. The van der Waals surface area contributed by atoms with Crippen molar-refractivity contribution in [3.63, 3.8) is 0 Å². The molecule has 0 spiro atoms. The number of halogens is 1. The van der Waals surface area contributed by atoms with Crippen LogP contribution in [-0.4, -0.2) is 23.0 Å². The minimum atomic E-state index is -0.596. The molecule has 3 fully saturated rings. The van der Waals surface area contributed by atoms with E-state index in [0.29, 0.717) is 16.5 Å². The molecule has 4 nitrogen and oxygen atoms in total. The second-order valence-electron chi connectivity index (χ2n) is 7.67. The zero-order valence-electron chi connectivity index (χ0n) is 13.4. The molecule has 2 aliphatic carbocycles. The summed E-state index contributed by atoms with van der Waals surface area (Å²) in [4.78, 5) is 12.6. The summed E-state index contributed by atoms with van der Waals surface area (Å²) in [6.07, 6.45) is 3.10. The maximum Gasteiger partial charge on any atom is 0.267 e. The van der Waals surface area contributed by atoms with Crippen molar-refractivity contribution in [2.24, 2.45) is 16.7 Å². The van der Waals surface area contributed by atoms with Crippen LogP contribution < -0.4 is 5.43 Å². The van der Waals surface area contributed by atoms with Crippen LogP contribution in [0, 0.1) is 28.1 Å². The number of nitrogens with zero attached hydrogens (tertiary/aromatic N) is 2. The second kappa shape index (κ2) is 4.49. The van der Waals surface area contributed by atoms with Gasteiger partial charge in [-0.05, 0) is 42.7 Å². The first kappa shape index (κ1) is 15.0. The van der Waals surface area contributed by atoms with Crippen LogP contribution in [0.15, 0.2) is 24.3 Å². The Labute approximate surface area is 141 Å². The first-order valence-corrected chi connectivity index (χ1v) is 8.50. The Morgan fingerprint density at radius 3 is 2.83 bits per heavy atom. The number of piperidine rings is 1. The Kier molecular flexibility index (Phi) is 2.93. The molecular formula is C18H20ClN3O. The molecule has 120 valence electrons. The molecule has 1 saturated heterocycles. The average Bonchev–Trinajstić information content (AvgIpc) is 2.96. The van der Waals surface area contributed by atoms with Gasteiger partial charge in [0.1, 0.15) is 5.54 Å². The van der Waals surface area contributed by atoms with Crippen LogP contribution in [0.4, 0.5) is 0 Å². The van der Waals surface area contributed by atoms with E-state index in [9.17, 15) is 10.1 Å². The molecular weight excluding hydrogens is 310 g/mol. The maximum absolute atomic E-state index is 12.6. The third kappa shape index (κ3) is 1.57. The summed E-state index contributed by atoms with van der Waals surface area (Å²) in [5.74, 6) is 0.349.